The number of anilines is 1. The Morgan fingerprint density at radius 2 is 2.23 bits per heavy atom. The van der Waals surface area contributed by atoms with Crippen LogP contribution in [-0.4, -0.2) is 29.7 Å². The average molecular weight is 180 g/mol. The molecule has 0 aliphatic carbocycles. The Morgan fingerprint density at radius 1 is 1.54 bits per heavy atom. The average Bonchev–Trinajstić information content (AvgIpc) is 2.17. The third-order valence-electron chi connectivity index (χ3n) is 1.77. The van der Waals surface area contributed by atoms with Crippen molar-refractivity contribution in [2.75, 3.05) is 18.5 Å². The Hall–Kier alpha value is -1.65. The van der Waals surface area contributed by atoms with E-state index < -0.39 is 5.91 Å². The summed E-state index contributed by atoms with van der Waals surface area (Å²) in [6, 6.07) is 3.29. The summed E-state index contributed by atoms with van der Waals surface area (Å²) in [7, 11) is 1.90. The van der Waals surface area contributed by atoms with Crippen LogP contribution >= 0.6 is 0 Å². The molecule has 0 atom stereocenters. The van der Waals surface area contributed by atoms with Crippen LogP contribution in [-0.2, 0) is 0 Å². The fourth-order valence-electron chi connectivity index (χ4n) is 0.822. The molecular weight excluding hydrogens is 168 g/mol. The van der Waals surface area contributed by atoms with Gasteiger partial charge in [-0.25, -0.2) is 0 Å². The molecule has 0 aliphatic heterocycles. The Morgan fingerprint density at radius 3 is 2.62 bits per heavy atom. The van der Waals surface area contributed by atoms with Gasteiger partial charge in [0.1, 0.15) is 0 Å². The molecule has 0 fully saturated rings. The second-order valence-electron chi connectivity index (χ2n) is 2.66. The molecule has 0 spiro atoms. The lowest BCUT2D eigenvalue weighted by atomic mass is 10.3. The number of aromatic nitrogens is 2. The fourth-order valence-corrected chi connectivity index (χ4v) is 0.822. The Labute approximate surface area is 76.6 Å². The molecule has 0 saturated carbocycles. The van der Waals surface area contributed by atoms with Crippen molar-refractivity contribution in [3.8, 4) is 0 Å². The van der Waals surface area contributed by atoms with Gasteiger partial charge in [0, 0.05) is 13.6 Å². The van der Waals surface area contributed by atoms with E-state index in [9.17, 15) is 4.79 Å². The van der Waals surface area contributed by atoms with Crippen LogP contribution in [0.3, 0.4) is 0 Å². The van der Waals surface area contributed by atoms with Gasteiger partial charge in [-0.1, -0.05) is 0 Å². The molecule has 1 aromatic heterocycles. The summed E-state index contributed by atoms with van der Waals surface area (Å²) in [5, 5.41) is 7.53. The lowest BCUT2D eigenvalue weighted by molar-refractivity contribution is 0.0994. The maximum Gasteiger partial charge on any atom is 0.269 e. The highest BCUT2D eigenvalue weighted by Crippen LogP contribution is 2.05. The van der Waals surface area contributed by atoms with Gasteiger partial charge >= 0.3 is 0 Å². The number of nitrogens with zero attached hydrogens (tertiary/aromatic N) is 3. The first-order valence-corrected chi connectivity index (χ1v) is 3.99. The molecule has 0 bridgehead atoms. The molecule has 1 heterocycles. The van der Waals surface area contributed by atoms with Crippen molar-refractivity contribution in [2.24, 2.45) is 5.73 Å². The van der Waals surface area contributed by atoms with Gasteiger partial charge in [0.05, 0.1) is 0 Å². The maximum atomic E-state index is 10.7. The lowest BCUT2D eigenvalue weighted by Gasteiger charge is -2.13. The highest BCUT2D eigenvalue weighted by Gasteiger charge is 2.04. The van der Waals surface area contributed by atoms with Crippen molar-refractivity contribution in [3.63, 3.8) is 0 Å². The molecule has 2 N–H and O–H groups in total. The minimum atomic E-state index is -0.557. The van der Waals surface area contributed by atoms with Crippen molar-refractivity contribution < 1.29 is 4.79 Å². The summed E-state index contributed by atoms with van der Waals surface area (Å²) in [5.41, 5.74) is 5.21. The second-order valence-corrected chi connectivity index (χ2v) is 2.66. The van der Waals surface area contributed by atoms with Crippen molar-refractivity contribution >= 4 is 11.7 Å². The summed E-state index contributed by atoms with van der Waals surface area (Å²) >= 11 is 0. The van der Waals surface area contributed by atoms with E-state index in [0.29, 0.717) is 0 Å². The highest BCUT2D eigenvalue weighted by molar-refractivity contribution is 5.90. The van der Waals surface area contributed by atoms with Crippen LogP contribution in [0.5, 0.6) is 0 Å². The summed E-state index contributed by atoms with van der Waals surface area (Å²) in [4.78, 5) is 12.6. The van der Waals surface area contributed by atoms with Crippen LogP contribution in [0.2, 0.25) is 0 Å². The van der Waals surface area contributed by atoms with Gasteiger partial charge in [0.15, 0.2) is 11.5 Å². The van der Waals surface area contributed by atoms with Gasteiger partial charge in [-0.2, -0.15) is 0 Å². The highest BCUT2D eigenvalue weighted by atomic mass is 16.1. The predicted molar refractivity (Wildman–Crippen MR) is 49.5 cm³/mol. The largest absolute Gasteiger partial charge is 0.364 e. The number of carbonyl (C=O) groups excluding carboxylic acids is 1. The standard InChI is InChI=1S/C8H12N4O/c1-3-12(2)7-5-4-6(8(9)13)10-11-7/h4-5H,3H2,1-2H3,(H2,9,13). The fraction of sp³-hybridized carbons (Fsp3) is 0.375. The smallest absolute Gasteiger partial charge is 0.269 e. The second kappa shape index (κ2) is 3.84. The Bertz CT molecular complexity index is 296. The van der Waals surface area contributed by atoms with Crippen molar-refractivity contribution in [1.82, 2.24) is 10.2 Å². The van der Waals surface area contributed by atoms with Crippen LogP contribution in [0.25, 0.3) is 0 Å². The normalized spacial score (nSPS) is 9.69. The minimum absolute atomic E-state index is 0.188. The molecule has 0 radical (unpaired) electrons. The zero-order valence-corrected chi connectivity index (χ0v) is 7.69. The van der Waals surface area contributed by atoms with Crippen LogP contribution < -0.4 is 10.6 Å². The Kier molecular flexibility index (Phi) is 2.79. The van der Waals surface area contributed by atoms with Crippen LogP contribution in [0.15, 0.2) is 12.1 Å². The van der Waals surface area contributed by atoms with E-state index in [2.05, 4.69) is 10.2 Å². The number of carbonyl (C=O) groups is 1. The predicted octanol–water partition coefficient (Wildman–Crippen LogP) is 0.0316. The van der Waals surface area contributed by atoms with Crippen molar-refractivity contribution in [3.05, 3.63) is 17.8 Å². The number of rotatable bonds is 3. The number of hydrogen-bond donors (Lipinski definition) is 1. The van der Waals surface area contributed by atoms with E-state index in [1.165, 1.54) is 0 Å². The van der Waals surface area contributed by atoms with Crippen molar-refractivity contribution in [2.45, 2.75) is 6.92 Å². The number of nitrogens with two attached hydrogens (primary N) is 1. The van der Waals surface area contributed by atoms with Crippen LogP contribution in [0, 0.1) is 0 Å². The lowest BCUT2D eigenvalue weighted by Crippen LogP contribution is -2.19. The molecule has 0 saturated heterocycles. The molecule has 70 valence electrons. The molecule has 0 unspecified atom stereocenters. The number of hydrogen-bond acceptors (Lipinski definition) is 4. The van der Waals surface area contributed by atoms with Crippen molar-refractivity contribution in [1.29, 1.82) is 0 Å². The van der Waals surface area contributed by atoms with Gasteiger partial charge in [-0.3, -0.25) is 4.79 Å². The summed E-state index contributed by atoms with van der Waals surface area (Å²) < 4.78 is 0. The van der Waals surface area contributed by atoms with Gasteiger partial charge < -0.3 is 10.6 Å². The summed E-state index contributed by atoms with van der Waals surface area (Å²) in [5.74, 6) is 0.172. The maximum absolute atomic E-state index is 10.7. The molecule has 13 heavy (non-hydrogen) atoms. The quantitative estimate of drug-likeness (QED) is 0.712. The zero-order chi connectivity index (χ0) is 9.84. The number of primary amides is 1. The molecule has 0 aliphatic rings. The monoisotopic (exact) mass is 180 g/mol. The van der Waals surface area contributed by atoms with Crippen LogP contribution in [0.4, 0.5) is 5.82 Å². The molecule has 1 aromatic rings. The first kappa shape index (κ1) is 9.44. The topological polar surface area (TPSA) is 72.1 Å². The zero-order valence-electron chi connectivity index (χ0n) is 7.69. The Balaban J connectivity index is 2.87. The van der Waals surface area contributed by atoms with E-state index in [-0.39, 0.29) is 5.69 Å². The van der Waals surface area contributed by atoms with E-state index in [4.69, 9.17) is 5.73 Å². The molecule has 0 aromatic carbocycles. The molecule has 5 nitrogen and oxygen atoms in total. The van der Waals surface area contributed by atoms with Crippen LogP contribution in [0.1, 0.15) is 17.4 Å². The molecular formula is C8H12N4O. The number of amides is 1. The first-order valence-electron chi connectivity index (χ1n) is 3.99. The SMILES string of the molecule is CCN(C)c1ccc(C(N)=O)nn1. The molecule has 1 amide bonds. The summed E-state index contributed by atoms with van der Waals surface area (Å²) in [6.45, 7) is 2.84. The van der Waals surface area contributed by atoms with E-state index in [1.54, 1.807) is 12.1 Å². The minimum Gasteiger partial charge on any atom is -0.364 e. The molecule has 1 rings (SSSR count). The van der Waals surface area contributed by atoms with E-state index in [1.807, 2.05) is 18.9 Å². The third kappa shape index (κ3) is 2.14. The van der Waals surface area contributed by atoms with Gasteiger partial charge in [0.2, 0.25) is 0 Å². The van der Waals surface area contributed by atoms with Gasteiger partial charge in [-0.15, -0.1) is 10.2 Å². The molecule has 5 heteroatoms. The van der Waals surface area contributed by atoms with Gasteiger partial charge in [-0.05, 0) is 19.1 Å². The third-order valence-corrected chi connectivity index (χ3v) is 1.77. The van der Waals surface area contributed by atoms with E-state index >= 15 is 0 Å². The van der Waals surface area contributed by atoms with E-state index in [0.717, 1.165) is 12.4 Å². The summed E-state index contributed by atoms with van der Waals surface area (Å²) in [6.07, 6.45) is 0. The first-order chi connectivity index (χ1) is 6.15. The van der Waals surface area contributed by atoms with Gasteiger partial charge in [0.25, 0.3) is 5.91 Å².